The van der Waals surface area contributed by atoms with E-state index in [1.54, 1.807) is 24.3 Å². The van der Waals surface area contributed by atoms with Gasteiger partial charge in [-0.3, -0.25) is 5.32 Å². The van der Waals surface area contributed by atoms with Gasteiger partial charge in [-0.05, 0) is 42.5 Å². The lowest BCUT2D eigenvalue weighted by atomic mass is 10.3. The van der Waals surface area contributed by atoms with Crippen LogP contribution in [0.3, 0.4) is 0 Å². The van der Waals surface area contributed by atoms with Crippen LogP contribution in [0.4, 0.5) is 27.8 Å². The first kappa shape index (κ1) is 15.9. The van der Waals surface area contributed by atoms with Crippen LogP contribution in [0.1, 0.15) is 0 Å². The average molecular weight is 384 g/mol. The quantitative estimate of drug-likeness (QED) is 0.613. The zero-order valence-corrected chi connectivity index (χ0v) is 14.1. The number of anilines is 4. The van der Waals surface area contributed by atoms with Crippen molar-refractivity contribution < 1.29 is 4.79 Å². The predicted octanol–water partition coefficient (Wildman–Crippen LogP) is 4.63. The monoisotopic (exact) mass is 383 g/mol. The van der Waals surface area contributed by atoms with Gasteiger partial charge in [0.2, 0.25) is 0 Å². The van der Waals surface area contributed by atoms with Crippen molar-refractivity contribution in [3.63, 3.8) is 0 Å². The van der Waals surface area contributed by atoms with E-state index in [2.05, 4.69) is 42.1 Å². The van der Waals surface area contributed by atoms with Crippen molar-refractivity contribution in [2.24, 2.45) is 0 Å². The van der Waals surface area contributed by atoms with E-state index in [1.807, 2.05) is 42.5 Å². The number of hydrogen-bond acceptors (Lipinski definition) is 4. The summed E-state index contributed by atoms with van der Waals surface area (Å²) in [5.41, 5.74) is 1.59. The van der Waals surface area contributed by atoms with E-state index in [0.29, 0.717) is 17.3 Å². The molecule has 0 spiro atoms. The van der Waals surface area contributed by atoms with Crippen LogP contribution in [0.15, 0.2) is 71.2 Å². The van der Waals surface area contributed by atoms with E-state index >= 15 is 0 Å². The number of nitrogens with zero attached hydrogens (tertiary/aromatic N) is 2. The van der Waals surface area contributed by atoms with Gasteiger partial charge in [0.05, 0.1) is 0 Å². The summed E-state index contributed by atoms with van der Waals surface area (Å²) in [5, 5.41) is 16.5. The van der Waals surface area contributed by atoms with Crippen molar-refractivity contribution >= 4 is 45.0 Å². The van der Waals surface area contributed by atoms with Crippen molar-refractivity contribution in [3.05, 3.63) is 71.2 Å². The van der Waals surface area contributed by atoms with Crippen LogP contribution in [0.5, 0.6) is 0 Å². The van der Waals surface area contributed by atoms with Gasteiger partial charge in [-0.25, -0.2) is 4.79 Å². The topological polar surface area (TPSA) is 78.9 Å². The highest BCUT2D eigenvalue weighted by atomic mass is 79.9. The molecule has 0 bridgehead atoms. The molecule has 6 nitrogen and oxygen atoms in total. The first-order valence-corrected chi connectivity index (χ1v) is 7.98. The Morgan fingerprint density at radius 1 is 0.792 bits per heavy atom. The van der Waals surface area contributed by atoms with Crippen molar-refractivity contribution in [2.45, 2.75) is 0 Å². The second kappa shape index (κ2) is 7.56. The minimum atomic E-state index is -0.372. The Labute approximate surface area is 147 Å². The number of carbonyl (C=O) groups is 1. The third kappa shape index (κ3) is 4.53. The van der Waals surface area contributed by atoms with Gasteiger partial charge in [-0.15, -0.1) is 10.2 Å². The highest BCUT2D eigenvalue weighted by Crippen LogP contribution is 2.19. The summed E-state index contributed by atoms with van der Waals surface area (Å²) in [6, 6.07) is 19.9. The number of hydrogen-bond donors (Lipinski definition) is 3. The van der Waals surface area contributed by atoms with Gasteiger partial charge in [0.1, 0.15) is 0 Å². The molecule has 3 N–H and O–H groups in total. The Morgan fingerprint density at radius 2 is 1.50 bits per heavy atom. The van der Waals surface area contributed by atoms with Crippen molar-refractivity contribution in [2.75, 3.05) is 16.0 Å². The first-order valence-electron chi connectivity index (χ1n) is 7.18. The number of para-hydroxylation sites is 1. The first-order chi connectivity index (χ1) is 11.7. The third-order valence-electron chi connectivity index (χ3n) is 3.03. The van der Waals surface area contributed by atoms with Crippen LogP contribution in [0, 0.1) is 0 Å². The maximum atomic E-state index is 11.9. The number of benzene rings is 2. The Kier molecular flexibility index (Phi) is 5.02. The molecule has 0 atom stereocenters. The van der Waals surface area contributed by atoms with Crippen LogP contribution < -0.4 is 16.0 Å². The van der Waals surface area contributed by atoms with Gasteiger partial charge in [0.15, 0.2) is 11.6 Å². The zero-order chi connectivity index (χ0) is 16.8. The Balaban J connectivity index is 1.59. The van der Waals surface area contributed by atoms with Gasteiger partial charge in [0.25, 0.3) is 0 Å². The fourth-order valence-corrected chi connectivity index (χ4v) is 2.38. The Bertz CT molecular complexity index is 824. The van der Waals surface area contributed by atoms with E-state index in [1.165, 1.54) is 0 Å². The van der Waals surface area contributed by atoms with Crippen molar-refractivity contribution in [3.8, 4) is 0 Å². The van der Waals surface area contributed by atoms with Gasteiger partial charge >= 0.3 is 6.03 Å². The summed E-state index contributed by atoms with van der Waals surface area (Å²) in [5.74, 6) is 0.949. The number of halogens is 1. The molecule has 1 heterocycles. The molecule has 0 aliphatic carbocycles. The summed E-state index contributed by atoms with van der Waals surface area (Å²) < 4.78 is 0.969. The molecule has 0 aliphatic heterocycles. The van der Waals surface area contributed by atoms with E-state index in [0.717, 1.165) is 10.2 Å². The molecule has 2 amide bonds. The summed E-state index contributed by atoms with van der Waals surface area (Å²) in [6.07, 6.45) is 0. The zero-order valence-electron chi connectivity index (χ0n) is 12.5. The minimum Gasteiger partial charge on any atom is -0.339 e. The van der Waals surface area contributed by atoms with E-state index in [-0.39, 0.29) is 6.03 Å². The molecule has 0 aliphatic rings. The highest BCUT2D eigenvalue weighted by Gasteiger charge is 2.04. The lowest BCUT2D eigenvalue weighted by Gasteiger charge is -2.08. The maximum Gasteiger partial charge on any atom is 0.324 e. The molecule has 0 saturated carbocycles. The van der Waals surface area contributed by atoms with E-state index in [4.69, 9.17) is 0 Å². The number of carbonyl (C=O) groups excluding carboxylic acids is 1. The molecule has 0 unspecified atom stereocenters. The van der Waals surface area contributed by atoms with Crippen LogP contribution >= 0.6 is 15.9 Å². The number of rotatable bonds is 4. The smallest absolute Gasteiger partial charge is 0.324 e. The number of amides is 2. The summed E-state index contributed by atoms with van der Waals surface area (Å²) >= 11 is 3.41. The third-order valence-corrected chi connectivity index (χ3v) is 3.53. The van der Waals surface area contributed by atoms with Crippen molar-refractivity contribution in [1.29, 1.82) is 0 Å². The molecule has 0 radical (unpaired) electrons. The molecule has 3 aromatic rings. The molecule has 7 heteroatoms. The Hall–Kier alpha value is -2.93. The molecule has 120 valence electrons. The summed E-state index contributed by atoms with van der Waals surface area (Å²) in [7, 11) is 0. The van der Waals surface area contributed by atoms with Crippen LogP contribution in [-0.4, -0.2) is 16.2 Å². The second-order valence-electron chi connectivity index (χ2n) is 4.88. The van der Waals surface area contributed by atoms with E-state index < -0.39 is 0 Å². The fraction of sp³-hybridized carbons (Fsp3) is 0. The molecule has 1 aromatic heterocycles. The molecular weight excluding hydrogens is 370 g/mol. The maximum absolute atomic E-state index is 11.9. The largest absolute Gasteiger partial charge is 0.339 e. The molecular formula is C17H14BrN5O. The highest BCUT2D eigenvalue weighted by molar-refractivity contribution is 9.10. The molecule has 0 saturated heterocycles. The normalized spacial score (nSPS) is 10.0. The number of aromatic nitrogens is 2. The van der Waals surface area contributed by atoms with Crippen LogP contribution in [0.25, 0.3) is 0 Å². The van der Waals surface area contributed by atoms with Crippen molar-refractivity contribution in [1.82, 2.24) is 10.2 Å². The SMILES string of the molecule is O=C(Nc1ccccc1)Nc1ccc(Nc2cccc(Br)c2)nn1. The minimum absolute atomic E-state index is 0.364. The number of nitrogens with one attached hydrogen (secondary N) is 3. The van der Waals surface area contributed by atoms with Gasteiger partial charge in [-0.2, -0.15) is 0 Å². The molecule has 0 fully saturated rings. The molecule has 3 rings (SSSR count). The van der Waals surface area contributed by atoms with Crippen LogP contribution in [0.2, 0.25) is 0 Å². The standard InChI is InChI=1S/C17H14BrN5O/c18-12-5-4-8-14(11-12)19-15-9-10-16(23-22-15)21-17(24)20-13-6-2-1-3-7-13/h1-11H,(H,19,22)(H2,20,21,23,24). The van der Waals surface area contributed by atoms with Gasteiger partial charge < -0.3 is 10.6 Å². The van der Waals surface area contributed by atoms with E-state index in [9.17, 15) is 4.79 Å². The fourth-order valence-electron chi connectivity index (χ4n) is 1.98. The van der Waals surface area contributed by atoms with Gasteiger partial charge in [0, 0.05) is 15.8 Å². The lowest BCUT2D eigenvalue weighted by Crippen LogP contribution is -2.20. The second-order valence-corrected chi connectivity index (χ2v) is 5.80. The summed E-state index contributed by atoms with van der Waals surface area (Å²) in [4.78, 5) is 11.9. The Morgan fingerprint density at radius 3 is 2.21 bits per heavy atom. The number of urea groups is 1. The van der Waals surface area contributed by atoms with Gasteiger partial charge in [-0.1, -0.05) is 40.2 Å². The molecule has 24 heavy (non-hydrogen) atoms. The molecule has 2 aromatic carbocycles. The summed E-state index contributed by atoms with van der Waals surface area (Å²) in [6.45, 7) is 0. The average Bonchev–Trinajstić information content (AvgIpc) is 2.57. The lowest BCUT2D eigenvalue weighted by molar-refractivity contribution is 0.262. The predicted molar refractivity (Wildman–Crippen MR) is 98.5 cm³/mol. The van der Waals surface area contributed by atoms with Crippen LogP contribution in [-0.2, 0) is 0 Å².